The summed E-state index contributed by atoms with van der Waals surface area (Å²) < 4.78 is 0.893. The molecule has 0 heterocycles. The first-order chi connectivity index (χ1) is 6.67. The Hall–Kier alpha value is -0.890. The number of rotatable bonds is 3. The highest BCUT2D eigenvalue weighted by atomic mass is 79.9. The molecule has 0 fully saturated rings. The Morgan fingerprint density at radius 3 is 2.86 bits per heavy atom. The molecule has 0 aliphatic heterocycles. The van der Waals surface area contributed by atoms with E-state index < -0.39 is 6.10 Å². The molecule has 0 aromatic heterocycles. The predicted octanol–water partition coefficient (Wildman–Crippen LogP) is 1.18. The molecule has 4 heteroatoms. The summed E-state index contributed by atoms with van der Waals surface area (Å²) in [5.74, 6) is 0. The van der Waals surface area contributed by atoms with Crippen LogP contribution in [0.4, 0.5) is 0 Å². The first-order valence-corrected chi connectivity index (χ1v) is 5.03. The summed E-state index contributed by atoms with van der Waals surface area (Å²) >= 11 is 3.36. The number of nitriles is 1. The van der Waals surface area contributed by atoms with E-state index in [-0.39, 0.29) is 6.54 Å². The van der Waals surface area contributed by atoms with E-state index in [2.05, 4.69) is 22.0 Å². The number of nitrogens with two attached hydrogens (primary N) is 1. The minimum absolute atomic E-state index is 0.225. The van der Waals surface area contributed by atoms with Gasteiger partial charge in [-0.25, -0.2) is 0 Å². The Labute approximate surface area is 91.3 Å². The Kier molecular flexibility index (Phi) is 4.08. The van der Waals surface area contributed by atoms with Crippen molar-refractivity contribution in [3.8, 4) is 6.07 Å². The van der Waals surface area contributed by atoms with Crippen LogP contribution < -0.4 is 5.73 Å². The molecular weight excluding hydrogens is 244 g/mol. The number of aliphatic hydroxyl groups excluding tert-OH is 1. The lowest BCUT2D eigenvalue weighted by molar-refractivity contribution is 0.183. The Morgan fingerprint density at radius 2 is 2.29 bits per heavy atom. The van der Waals surface area contributed by atoms with Crippen molar-refractivity contribution in [3.63, 3.8) is 0 Å². The van der Waals surface area contributed by atoms with E-state index in [1.54, 1.807) is 18.2 Å². The maximum absolute atomic E-state index is 9.37. The van der Waals surface area contributed by atoms with Gasteiger partial charge in [0.15, 0.2) is 0 Å². The first kappa shape index (κ1) is 11.2. The second-order valence-electron chi connectivity index (χ2n) is 3.01. The number of hydrogen-bond donors (Lipinski definition) is 2. The monoisotopic (exact) mass is 254 g/mol. The van der Waals surface area contributed by atoms with Gasteiger partial charge >= 0.3 is 0 Å². The van der Waals surface area contributed by atoms with Gasteiger partial charge in [0, 0.05) is 17.4 Å². The molecule has 0 spiro atoms. The largest absolute Gasteiger partial charge is 0.391 e. The second-order valence-corrected chi connectivity index (χ2v) is 3.87. The van der Waals surface area contributed by atoms with Gasteiger partial charge in [-0.3, -0.25) is 0 Å². The fourth-order valence-corrected chi connectivity index (χ4v) is 1.55. The van der Waals surface area contributed by atoms with E-state index in [4.69, 9.17) is 11.0 Å². The third-order valence-corrected chi connectivity index (χ3v) is 2.68. The number of nitrogens with zero attached hydrogens (tertiary/aromatic N) is 1. The van der Waals surface area contributed by atoms with E-state index in [0.29, 0.717) is 12.0 Å². The van der Waals surface area contributed by atoms with Gasteiger partial charge in [0.2, 0.25) is 0 Å². The molecular formula is C10H11BrN2O. The van der Waals surface area contributed by atoms with Crippen LogP contribution in [-0.4, -0.2) is 17.8 Å². The molecule has 14 heavy (non-hydrogen) atoms. The van der Waals surface area contributed by atoms with Crippen LogP contribution >= 0.6 is 15.9 Å². The third kappa shape index (κ3) is 2.81. The van der Waals surface area contributed by atoms with Crippen molar-refractivity contribution in [1.29, 1.82) is 5.26 Å². The molecule has 1 aromatic carbocycles. The van der Waals surface area contributed by atoms with Crippen molar-refractivity contribution in [2.45, 2.75) is 12.5 Å². The summed E-state index contributed by atoms with van der Waals surface area (Å²) in [6.07, 6.45) is -0.0904. The summed E-state index contributed by atoms with van der Waals surface area (Å²) in [5.41, 5.74) is 6.81. The average Bonchev–Trinajstić information content (AvgIpc) is 2.21. The number of hydrogen-bond acceptors (Lipinski definition) is 3. The summed E-state index contributed by atoms with van der Waals surface area (Å²) in [7, 11) is 0. The maximum Gasteiger partial charge on any atom is 0.0991 e. The molecule has 0 saturated carbocycles. The van der Waals surface area contributed by atoms with E-state index in [9.17, 15) is 5.11 Å². The van der Waals surface area contributed by atoms with E-state index in [1.165, 1.54) is 0 Å². The normalized spacial score (nSPS) is 12.1. The molecule has 0 aliphatic carbocycles. The van der Waals surface area contributed by atoms with Crippen molar-refractivity contribution in [2.24, 2.45) is 5.73 Å². The summed E-state index contributed by atoms with van der Waals surface area (Å²) in [5, 5.41) is 18.1. The van der Waals surface area contributed by atoms with Crippen molar-refractivity contribution < 1.29 is 5.11 Å². The van der Waals surface area contributed by atoms with E-state index in [0.717, 1.165) is 10.0 Å². The average molecular weight is 255 g/mol. The summed E-state index contributed by atoms with van der Waals surface area (Å²) in [6.45, 7) is 0.225. The molecule has 0 aliphatic rings. The van der Waals surface area contributed by atoms with Crippen molar-refractivity contribution >= 4 is 15.9 Å². The van der Waals surface area contributed by atoms with Gasteiger partial charge in [-0.15, -0.1) is 0 Å². The zero-order chi connectivity index (χ0) is 10.6. The molecule has 1 aromatic rings. The van der Waals surface area contributed by atoms with Crippen LogP contribution in [0, 0.1) is 11.3 Å². The predicted molar refractivity (Wildman–Crippen MR) is 57.6 cm³/mol. The lowest BCUT2D eigenvalue weighted by Crippen LogP contribution is -2.22. The van der Waals surface area contributed by atoms with E-state index in [1.807, 2.05) is 0 Å². The third-order valence-electron chi connectivity index (χ3n) is 1.90. The molecule has 1 rings (SSSR count). The minimum Gasteiger partial charge on any atom is -0.391 e. The molecule has 0 radical (unpaired) electrons. The van der Waals surface area contributed by atoms with Gasteiger partial charge < -0.3 is 10.8 Å². The maximum atomic E-state index is 9.37. The molecule has 1 atom stereocenters. The Morgan fingerprint density at radius 1 is 1.57 bits per heavy atom. The van der Waals surface area contributed by atoms with Crippen LogP contribution in [0.15, 0.2) is 22.7 Å². The lowest BCUT2D eigenvalue weighted by Gasteiger charge is -2.09. The highest BCUT2D eigenvalue weighted by molar-refractivity contribution is 9.10. The topological polar surface area (TPSA) is 70.0 Å². The highest BCUT2D eigenvalue weighted by Gasteiger charge is 2.07. The fourth-order valence-electron chi connectivity index (χ4n) is 1.14. The minimum atomic E-state index is -0.555. The highest BCUT2D eigenvalue weighted by Crippen LogP contribution is 2.19. The van der Waals surface area contributed by atoms with Gasteiger partial charge in [0.25, 0.3) is 0 Å². The van der Waals surface area contributed by atoms with Crippen LogP contribution in [0.5, 0.6) is 0 Å². The van der Waals surface area contributed by atoms with Crippen molar-refractivity contribution in [2.75, 3.05) is 6.54 Å². The molecule has 3 N–H and O–H groups in total. The molecule has 3 nitrogen and oxygen atoms in total. The summed E-state index contributed by atoms with van der Waals surface area (Å²) in [4.78, 5) is 0. The zero-order valence-corrected chi connectivity index (χ0v) is 9.16. The smallest absolute Gasteiger partial charge is 0.0991 e. The second kappa shape index (κ2) is 5.11. The van der Waals surface area contributed by atoms with Crippen LogP contribution in [0.1, 0.15) is 11.1 Å². The number of halogens is 1. The lowest BCUT2D eigenvalue weighted by atomic mass is 10.1. The zero-order valence-electron chi connectivity index (χ0n) is 7.57. The standard InChI is InChI=1S/C10H11BrN2O/c11-10-2-1-7(5-12)3-8(10)4-9(14)6-13/h1-3,9,14H,4,6,13H2. The van der Waals surface area contributed by atoms with Gasteiger partial charge in [-0.05, 0) is 23.8 Å². The SMILES string of the molecule is N#Cc1ccc(Br)c(CC(O)CN)c1. The van der Waals surface area contributed by atoms with Crippen LogP contribution in [0.25, 0.3) is 0 Å². The molecule has 0 amide bonds. The van der Waals surface area contributed by atoms with Crippen molar-refractivity contribution in [3.05, 3.63) is 33.8 Å². The Bertz CT molecular complexity index is 360. The number of benzene rings is 1. The van der Waals surface area contributed by atoms with Gasteiger partial charge in [0.1, 0.15) is 0 Å². The number of aliphatic hydroxyl groups is 1. The van der Waals surface area contributed by atoms with Gasteiger partial charge in [-0.2, -0.15) is 5.26 Å². The van der Waals surface area contributed by atoms with E-state index >= 15 is 0 Å². The molecule has 0 saturated heterocycles. The van der Waals surface area contributed by atoms with Crippen LogP contribution in [0.3, 0.4) is 0 Å². The van der Waals surface area contributed by atoms with Gasteiger partial charge in [-0.1, -0.05) is 15.9 Å². The van der Waals surface area contributed by atoms with Crippen LogP contribution in [-0.2, 0) is 6.42 Å². The molecule has 0 bridgehead atoms. The molecule has 1 unspecified atom stereocenters. The quantitative estimate of drug-likeness (QED) is 0.852. The van der Waals surface area contributed by atoms with Gasteiger partial charge in [0.05, 0.1) is 17.7 Å². The van der Waals surface area contributed by atoms with Crippen molar-refractivity contribution in [1.82, 2.24) is 0 Å². The first-order valence-electron chi connectivity index (χ1n) is 4.24. The fraction of sp³-hybridized carbons (Fsp3) is 0.300. The summed E-state index contributed by atoms with van der Waals surface area (Å²) in [6, 6.07) is 7.33. The van der Waals surface area contributed by atoms with Crippen LogP contribution in [0.2, 0.25) is 0 Å². The molecule has 74 valence electrons. The Balaban J connectivity index is 2.90.